The fraction of sp³-hybridized carbons (Fsp3) is 0.333. The Morgan fingerprint density at radius 3 is 2.27 bits per heavy atom. The summed E-state index contributed by atoms with van der Waals surface area (Å²) >= 11 is 6.36. The van der Waals surface area contributed by atoms with Crippen LogP contribution in [-0.2, 0) is 6.42 Å². The zero-order chi connectivity index (χ0) is 14.5. The maximum atomic E-state index is 6.36. The van der Waals surface area contributed by atoms with Crippen molar-refractivity contribution in [3.8, 4) is 0 Å². The second-order valence-corrected chi connectivity index (χ2v) is 5.92. The molecule has 118 valence electrons. The molecule has 0 aromatic heterocycles. The molecule has 1 aliphatic rings. The molecule has 22 heavy (non-hydrogen) atoms. The van der Waals surface area contributed by atoms with Gasteiger partial charge in [0.1, 0.15) is 0 Å². The normalized spacial score (nSPS) is 16.8. The van der Waals surface area contributed by atoms with E-state index in [-0.39, 0.29) is 12.4 Å². The highest BCUT2D eigenvalue weighted by molar-refractivity contribution is 6.31. The fourth-order valence-electron chi connectivity index (χ4n) is 3.00. The molecular formula is C18H22Cl2N2. The van der Waals surface area contributed by atoms with Gasteiger partial charge in [0.25, 0.3) is 0 Å². The molecule has 1 aliphatic heterocycles. The number of nitrogens with zero attached hydrogens (tertiary/aromatic N) is 1. The average Bonchev–Trinajstić information content (AvgIpc) is 2.56. The smallest absolute Gasteiger partial charge is 0.0438 e. The molecule has 2 nitrogen and oxygen atoms in total. The summed E-state index contributed by atoms with van der Waals surface area (Å²) < 4.78 is 0. The standard InChI is InChI=1S/C18H21ClN2.ClH/c19-17-9-5-4-8-16(17)14-18(15-6-2-1-3-7-15)21-12-10-20-11-13-21;/h1-9,18,20H,10-14H2;1H. The van der Waals surface area contributed by atoms with Gasteiger partial charge in [-0.2, -0.15) is 0 Å². The van der Waals surface area contributed by atoms with Crippen molar-refractivity contribution in [2.24, 2.45) is 0 Å². The Morgan fingerprint density at radius 2 is 1.59 bits per heavy atom. The maximum absolute atomic E-state index is 6.36. The van der Waals surface area contributed by atoms with Crippen molar-refractivity contribution in [2.45, 2.75) is 12.5 Å². The first kappa shape index (κ1) is 17.3. The zero-order valence-corrected chi connectivity index (χ0v) is 14.1. The Kier molecular flexibility index (Phi) is 6.71. The third-order valence-corrected chi connectivity index (χ3v) is 4.52. The highest BCUT2D eigenvalue weighted by Crippen LogP contribution is 2.28. The number of rotatable bonds is 4. The minimum atomic E-state index is 0. The van der Waals surface area contributed by atoms with Gasteiger partial charge in [0.15, 0.2) is 0 Å². The molecule has 3 rings (SSSR count). The highest BCUT2D eigenvalue weighted by Gasteiger charge is 2.22. The molecular weight excluding hydrogens is 315 g/mol. The summed E-state index contributed by atoms with van der Waals surface area (Å²) in [5.74, 6) is 0. The Balaban J connectivity index is 0.00000176. The van der Waals surface area contributed by atoms with Gasteiger partial charge in [-0.3, -0.25) is 4.90 Å². The van der Waals surface area contributed by atoms with Crippen LogP contribution >= 0.6 is 24.0 Å². The van der Waals surface area contributed by atoms with Gasteiger partial charge >= 0.3 is 0 Å². The van der Waals surface area contributed by atoms with Crippen LogP contribution in [0.25, 0.3) is 0 Å². The van der Waals surface area contributed by atoms with E-state index in [0.717, 1.165) is 37.6 Å². The SMILES string of the molecule is Cl.Clc1ccccc1CC(c1ccccc1)N1CCNCC1. The van der Waals surface area contributed by atoms with Gasteiger partial charge < -0.3 is 5.32 Å². The van der Waals surface area contributed by atoms with Crippen LogP contribution in [0.15, 0.2) is 54.6 Å². The van der Waals surface area contributed by atoms with E-state index in [1.165, 1.54) is 11.1 Å². The number of piperazine rings is 1. The lowest BCUT2D eigenvalue weighted by atomic mass is 9.97. The molecule has 0 bridgehead atoms. The lowest BCUT2D eigenvalue weighted by Gasteiger charge is -2.35. The summed E-state index contributed by atoms with van der Waals surface area (Å²) in [6.07, 6.45) is 0.962. The Hall–Kier alpha value is -1.06. The first-order valence-electron chi connectivity index (χ1n) is 7.58. The van der Waals surface area contributed by atoms with E-state index in [1.807, 2.05) is 12.1 Å². The minimum Gasteiger partial charge on any atom is -0.314 e. The Morgan fingerprint density at radius 1 is 0.955 bits per heavy atom. The van der Waals surface area contributed by atoms with E-state index in [1.54, 1.807) is 0 Å². The van der Waals surface area contributed by atoms with Crippen molar-refractivity contribution in [1.29, 1.82) is 0 Å². The number of halogens is 2. The predicted octanol–water partition coefficient (Wildman–Crippen LogP) is 3.95. The van der Waals surface area contributed by atoms with Crippen molar-refractivity contribution in [3.05, 3.63) is 70.7 Å². The van der Waals surface area contributed by atoms with Crippen LogP contribution < -0.4 is 5.32 Å². The monoisotopic (exact) mass is 336 g/mol. The number of nitrogens with one attached hydrogen (secondary N) is 1. The summed E-state index contributed by atoms with van der Waals surface area (Å²) in [5, 5.41) is 4.30. The average molecular weight is 337 g/mol. The second kappa shape index (κ2) is 8.54. The van der Waals surface area contributed by atoms with Gasteiger partial charge in [-0.25, -0.2) is 0 Å². The highest BCUT2D eigenvalue weighted by atomic mass is 35.5. The van der Waals surface area contributed by atoms with Crippen LogP contribution in [0.4, 0.5) is 0 Å². The quantitative estimate of drug-likeness (QED) is 0.909. The van der Waals surface area contributed by atoms with Gasteiger partial charge in [-0.05, 0) is 23.6 Å². The van der Waals surface area contributed by atoms with E-state index in [0.29, 0.717) is 6.04 Å². The Labute approximate surface area is 143 Å². The fourth-order valence-corrected chi connectivity index (χ4v) is 3.21. The first-order valence-corrected chi connectivity index (χ1v) is 7.95. The molecule has 2 aromatic rings. The summed E-state index contributed by atoms with van der Waals surface area (Å²) in [4.78, 5) is 2.56. The van der Waals surface area contributed by atoms with E-state index >= 15 is 0 Å². The minimum absolute atomic E-state index is 0. The van der Waals surface area contributed by atoms with E-state index in [4.69, 9.17) is 11.6 Å². The van der Waals surface area contributed by atoms with Crippen LogP contribution in [0, 0.1) is 0 Å². The summed E-state index contributed by atoms with van der Waals surface area (Å²) in [5.41, 5.74) is 2.60. The molecule has 0 saturated carbocycles. The molecule has 1 fully saturated rings. The molecule has 0 amide bonds. The predicted molar refractivity (Wildman–Crippen MR) is 96.0 cm³/mol. The molecule has 1 N–H and O–H groups in total. The molecule has 1 heterocycles. The van der Waals surface area contributed by atoms with Crippen LogP contribution in [-0.4, -0.2) is 31.1 Å². The molecule has 0 radical (unpaired) electrons. The van der Waals surface area contributed by atoms with Gasteiger partial charge in [-0.15, -0.1) is 12.4 Å². The van der Waals surface area contributed by atoms with Crippen LogP contribution in [0.2, 0.25) is 5.02 Å². The van der Waals surface area contributed by atoms with Crippen molar-refractivity contribution < 1.29 is 0 Å². The van der Waals surface area contributed by atoms with Crippen molar-refractivity contribution in [3.63, 3.8) is 0 Å². The van der Waals surface area contributed by atoms with E-state index < -0.39 is 0 Å². The van der Waals surface area contributed by atoms with Crippen LogP contribution in [0.5, 0.6) is 0 Å². The lowest BCUT2D eigenvalue weighted by Crippen LogP contribution is -2.45. The van der Waals surface area contributed by atoms with Crippen molar-refractivity contribution in [2.75, 3.05) is 26.2 Å². The second-order valence-electron chi connectivity index (χ2n) is 5.51. The molecule has 1 unspecified atom stereocenters. The van der Waals surface area contributed by atoms with Crippen LogP contribution in [0.3, 0.4) is 0 Å². The summed E-state index contributed by atoms with van der Waals surface area (Å²) in [6, 6.07) is 19.4. The summed E-state index contributed by atoms with van der Waals surface area (Å²) in [6.45, 7) is 4.30. The Bertz CT molecular complexity index is 568. The topological polar surface area (TPSA) is 15.3 Å². The largest absolute Gasteiger partial charge is 0.314 e. The molecule has 2 aromatic carbocycles. The maximum Gasteiger partial charge on any atom is 0.0438 e. The number of benzene rings is 2. The van der Waals surface area contributed by atoms with Gasteiger partial charge in [0.05, 0.1) is 0 Å². The lowest BCUT2D eigenvalue weighted by molar-refractivity contribution is 0.172. The van der Waals surface area contributed by atoms with Crippen LogP contribution in [0.1, 0.15) is 17.2 Å². The molecule has 0 spiro atoms. The zero-order valence-electron chi connectivity index (χ0n) is 12.5. The van der Waals surface area contributed by atoms with E-state index in [2.05, 4.69) is 52.7 Å². The number of hydrogen-bond acceptors (Lipinski definition) is 2. The molecule has 1 saturated heterocycles. The van der Waals surface area contributed by atoms with Gasteiger partial charge in [-0.1, -0.05) is 60.1 Å². The van der Waals surface area contributed by atoms with Crippen molar-refractivity contribution >= 4 is 24.0 Å². The van der Waals surface area contributed by atoms with Gasteiger partial charge in [0.2, 0.25) is 0 Å². The number of hydrogen-bond donors (Lipinski definition) is 1. The molecule has 1 atom stereocenters. The summed E-state index contributed by atoms with van der Waals surface area (Å²) in [7, 11) is 0. The van der Waals surface area contributed by atoms with Crippen molar-refractivity contribution in [1.82, 2.24) is 10.2 Å². The molecule has 0 aliphatic carbocycles. The van der Waals surface area contributed by atoms with Gasteiger partial charge in [0, 0.05) is 37.2 Å². The third kappa shape index (κ3) is 4.23. The first-order chi connectivity index (χ1) is 10.3. The molecule has 4 heteroatoms. The van der Waals surface area contributed by atoms with E-state index in [9.17, 15) is 0 Å². The third-order valence-electron chi connectivity index (χ3n) is 4.15.